The fourth-order valence-corrected chi connectivity index (χ4v) is 4.23. The number of aliphatic carboxylic acids is 1. The van der Waals surface area contributed by atoms with Crippen molar-refractivity contribution in [3.8, 4) is 0 Å². The number of nitrogens with two attached hydrogens (primary N) is 1. The molecule has 1 fully saturated rings. The predicted molar refractivity (Wildman–Crippen MR) is 104 cm³/mol. The summed E-state index contributed by atoms with van der Waals surface area (Å²) in [5.41, 5.74) is 7.84. The van der Waals surface area contributed by atoms with E-state index in [1.54, 1.807) is 0 Å². The van der Waals surface area contributed by atoms with Gasteiger partial charge in [0, 0.05) is 5.92 Å². The second-order valence-corrected chi connectivity index (χ2v) is 7.08. The molecule has 2 aromatic carbocycles. The minimum atomic E-state index is -1.25. The van der Waals surface area contributed by atoms with Crippen molar-refractivity contribution >= 4 is 23.5 Å². The van der Waals surface area contributed by atoms with Gasteiger partial charge in [0.15, 0.2) is 5.70 Å². The largest absolute Gasteiger partial charge is 0.488 e. The van der Waals surface area contributed by atoms with Crippen molar-refractivity contribution in [3.63, 3.8) is 0 Å². The lowest BCUT2D eigenvalue weighted by molar-refractivity contribution is -0.164. The third-order valence-corrected chi connectivity index (χ3v) is 5.52. The van der Waals surface area contributed by atoms with Crippen molar-refractivity contribution in [2.75, 3.05) is 5.88 Å². The van der Waals surface area contributed by atoms with Crippen LogP contribution in [0.4, 0.5) is 0 Å². The monoisotopic (exact) mass is 398 g/mol. The number of rotatable bonds is 5. The molecule has 3 N–H and O–H groups in total. The highest BCUT2D eigenvalue weighted by molar-refractivity contribution is 6.19. The summed E-state index contributed by atoms with van der Waals surface area (Å²) in [6.07, 6.45) is -0.561. The second-order valence-electron chi connectivity index (χ2n) is 6.82. The summed E-state index contributed by atoms with van der Waals surface area (Å²) in [5.74, 6) is -2.01. The number of nitrogens with zero attached hydrogens (tertiary/aromatic N) is 1. The van der Waals surface area contributed by atoms with Gasteiger partial charge >= 0.3 is 5.97 Å². The number of carbonyl (C=O) groups is 2. The van der Waals surface area contributed by atoms with Gasteiger partial charge in [-0.1, -0.05) is 60.7 Å². The van der Waals surface area contributed by atoms with Gasteiger partial charge in [0.1, 0.15) is 17.9 Å². The number of halogens is 1. The summed E-state index contributed by atoms with van der Waals surface area (Å²) in [5, 5.41) is 9.59. The number of hydrogen-bond donors (Lipinski definition) is 2. The zero-order chi connectivity index (χ0) is 19.8. The number of β-lactam (4-membered cyclic amide) rings is 1. The van der Waals surface area contributed by atoms with Crippen molar-refractivity contribution in [3.05, 3.63) is 83.2 Å². The zero-order valence-electron chi connectivity index (χ0n) is 14.9. The first-order valence-corrected chi connectivity index (χ1v) is 9.45. The average Bonchev–Trinajstić information content (AvgIpc) is 2.73. The minimum Gasteiger partial charge on any atom is -0.488 e. The molecule has 144 valence electrons. The highest BCUT2D eigenvalue weighted by atomic mass is 35.5. The molecule has 0 aliphatic carbocycles. The number of allylic oxidation sites excluding steroid dienone is 1. The Morgan fingerprint density at radius 3 is 2.11 bits per heavy atom. The molecule has 6 nitrogen and oxygen atoms in total. The molecule has 2 aromatic rings. The van der Waals surface area contributed by atoms with E-state index in [4.69, 9.17) is 22.1 Å². The van der Waals surface area contributed by atoms with E-state index in [2.05, 4.69) is 0 Å². The molecule has 7 heteroatoms. The normalized spacial score (nSPS) is 23.9. The Hall–Kier alpha value is -2.83. The average molecular weight is 399 g/mol. The lowest BCUT2D eigenvalue weighted by Crippen LogP contribution is -2.75. The van der Waals surface area contributed by atoms with Gasteiger partial charge in [-0.05, 0) is 11.1 Å². The predicted octanol–water partition coefficient (Wildman–Crippen LogP) is 2.29. The maximum Gasteiger partial charge on any atom is 0.356 e. The van der Waals surface area contributed by atoms with Gasteiger partial charge in [-0.15, -0.1) is 11.6 Å². The van der Waals surface area contributed by atoms with E-state index in [9.17, 15) is 14.7 Å². The Kier molecular flexibility index (Phi) is 4.83. The molecular weight excluding hydrogens is 380 g/mol. The number of benzene rings is 2. The lowest BCUT2D eigenvalue weighted by Gasteiger charge is -2.53. The van der Waals surface area contributed by atoms with E-state index in [1.807, 2.05) is 60.7 Å². The fraction of sp³-hybridized carbons (Fsp3) is 0.238. The van der Waals surface area contributed by atoms with Crippen LogP contribution in [0, 0.1) is 0 Å². The first kappa shape index (κ1) is 18.5. The minimum absolute atomic E-state index is 0.0764. The smallest absolute Gasteiger partial charge is 0.356 e. The molecule has 3 atom stereocenters. The van der Waals surface area contributed by atoms with Gasteiger partial charge in [0.2, 0.25) is 5.91 Å². The van der Waals surface area contributed by atoms with Gasteiger partial charge in [-0.2, -0.15) is 0 Å². The summed E-state index contributed by atoms with van der Waals surface area (Å²) in [6.45, 7) is 0. The Labute approximate surface area is 167 Å². The molecule has 1 saturated heterocycles. The number of ether oxygens (including phenoxy) is 1. The van der Waals surface area contributed by atoms with Gasteiger partial charge in [0.25, 0.3) is 0 Å². The number of carboxylic acids is 1. The van der Waals surface area contributed by atoms with Crippen molar-refractivity contribution in [2.24, 2.45) is 5.73 Å². The Balaban J connectivity index is 1.85. The first-order chi connectivity index (χ1) is 13.5. The molecular formula is C21H19ClN2O4. The van der Waals surface area contributed by atoms with E-state index >= 15 is 0 Å². The van der Waals surface area contributed by atoms with Gasteiger partial charge in [-0.3, -0.25) is 9.69 Å². The van der Waals surface area contributed by atoms with Crippen LogP contribution in [0.1, 0.15) is 17.0 Å². The van der Waals surface area contributed by atoms with E-state index < -0.39 is 30.1 Å². The molecule has 28 heavy (non-hydrogen) atoms. The fourth-order valence-electron chi connectivity index (χ4n) is 4.04. The van der Waals surface area contributed by atoms with Crippen LogP contribution in [0.15, 0.2) is 72.1 Å². The number of carbonyl (C=O) groups excluding carboxylic acids is 1. The van der Waals surface area contributed by atoms with Crippen LogP contribution in [0.25, 0.3) is 0 Å². The van der Waals surface area contributed by atoms with E-state index in [1.165, 1.54) is 4.90 Å². The molecule has 0 saturated carbocycles. The van der Waals surface area contributed by atoms with Crippen LogP contribution in [0.3, 0.4) is 0 Å². The molecule has 1 amide bonds. The van der Waals surface area contributed by atoms with E-state index in [0.29, 0.717) is 0 Å². The van der Waals surface area contributed by atoms with Crippen LogP contribution in [0.5, 0.6) is 0 Å². The standard InChI is InChI=1S/C21H19ClN2O4/c22-11-14-17(21(26)27)24-18(16(23)20(24)25)19(28-14)15(12-7-3-1-4-8-12)13-9-5-2-6-10-13/h1-10,15-16,18-19H,11,23H2,(H,26,27)/t16-,18-,19?/m0/s1. The zero-order valence-corrected chi connectivity index (χ0v) is 15.6. The van der Waals surface area contributed by atoms with Crippen LogP contribution in [-0.2, 0) is 14.3 Å². The lowest BCUT2D eigenvalue weighted by atomic mass is 9.76. The number of alkyl halides is 1. The molecule has 0 spiro atoms. The molecule has 4 rings (SSSR count). The Morgan fingerprint density at radius 2 is 1.64 bits per heavy atom. The maximum atomic E-state index is 12.4. The summed E-state index contributed by atoms with van der Waals surface area (Å²) < 4.78 is 6.13. The molecule has 2 heterocycles. The molecule has 0 bridgehead atoms. The van der Waals surface area contributed by atoms with Crippen molar-refractivity contribution in [1.82, 2.24) is 4.90 Å². The summed E-state index contributed by atoms with van der Waals surface area (Å²) in [7, 11) is 0. The van der Waals surface area contributed by atoms with Gasteiger partial charge in [-0.25, -0.2) is 4.79 Å². The van der Waals surface area contributed by atoms with Gasteiger partial charge < -0.3 is 15.6 Å². The number of carboxylic acid groups (broad SMARTS) is 1. The maximum absolute atomic E-state index is 12.4. The van der Waals surface area contributed by atoms with Crippen LogP contribution < -0.4 is 5.73 Å². The quantitative estimate of drug-likeness (QED) is 0.595. The van der Waals surface area contributed by atoms with Crippen molar-refractivity contribution in [1.29, 1.82) is 0 Å². The number of hydrogen-bond acceptors (Lipinski definition) is 4. The van der Waals surface area contributed by atoms with Gasteiger partial charge in [0.05, 0.1) is 11.9 Å². The molecule has 2 aliphatic heterocycles. The van der Waals surface area contributed by atoms with Crippen LogP contribution >= 0.6 is 11.6 Å². The number of fused-ring (bicyclic) bond motifs is 1. The topological polar surface area (TPSA) is 92.9 Å². The third-order valence-electron chi connectivity index (χ3n) is 5.28. The number of amides is 1. The summed E-state index contributed by atoms with van der Waals surface area (Å²) >= 11 is 5.99. The van der Waals surface area contributed by atoms with Crippen LogP contribution in [-0.4, -0.2) is 46.0 Å². The highest BCUT2D eigenvalue weighted by Gasteiger charge is 2.58. The Bertz CT molecular complexity index is 892. The second kappa shape index (κ2) is 7.30. The summed E-state index contributed by atoms with van der Waals surface area (Å²) in [6, 6.07) is 18.1. The molecule has 1 unspecified atom stereocenters. The Morgan fingerprint density at radius 1 is 1.11 bits per heavy atom. The van der Waals surface area contributed by atoms with Crippen LogP contribution in [0.2, 0.25) is 0 Å². The third kappa shape index (κ3) is 2.85. The summed E-state index contributed by atoms with van der Waals surface area (Å²) in [4.78, 5) is 25.4. The molecule has 0 aromatic heterocycles. The van der Waals surface area contributed by atoms with E-state index in [-0.39, 0.29) is 23.3 Å². The highest BCUT2D eigenvalue weighted by Crippen LogP contribution is 2.43. The SMILES string of the molecule is N[C@@H]1C(=O)N2C(C(=O)O)=C(CCl)OC(C(c3ccccc3)c3ccccc3)[C@H]12. The van der Waals surface area contributed by atoms with Crippen molar-refractivity contribution < 1.29 is 19.4 Å². The molecule has 2 aliphatic rings. The van der Waals surface area contributed by atoms with Crippen molar-refractivity contribution in [2.45, 2.75) is 24.1 Å². The molecule has 0 radical (unpaired) electrons. The van der Waals surface area contributed by atoms with E-state index in [0.717, 1.165) is 11.1 Å². The first-order valence-electron chi connectivity index (χ1n) is 8.92.